The Balaban J connectivity index is 2.06. The third-order valence-electron chi connectivity index (χ3n) is 4.49. The molecule has 0 atom stereocenters. The van der Waals surface area contributed by atoms with Crippen molar-refractivity contribution in [2.75, 3.05) is 0 Å². The van der Waals surface area contributed by atoms with Crippen molar-refractivity contribution in [2.24, 2.45) is 0 Å². The Morgan fingerprint density at radius 2 is 0.917 bits per heavy atom. The highest BCUT2D eigenvalue weighted by molar-refractivity contribution is 5.73. The lowest BCUT2D eigenvalue weighted by Crippen LogP contribution is -1.76. The minimum atomic E-state index is 0.621. The minimum absolute atomic E-state index is 0.621. The fraction of sp³-hybridized carbons (Fsp3) is 0. The van der Waals surface area contributed by atoms with Gasteiger partial charge < -0.3 is 8.83 Å². The number of rotatable bonds is 0. The lowest BCUT2D eigenvalue weighted by atomic mass is 10.2. The van der Waals surface area contributed by atoms with Gasteiger partial charge in [-0.05, 0) is 59.0 Å². The second-order valence-electron chi connectivity index (χ2n) is 5.98. The topological polar surface area (TPSA) is 52.1 Å². The number of nitrogens with zero attached hydrogens (tertiary/aromatic N) is 2. The van der Waals surface area contributed by atoms with Gasteiger partial charge in [0.2, 0.25) is 11.1 Å². The maximum Gasteiger partial charge on any atom is 0.227 e. The molecule has 7 rings (SSSR count). The van der Waals surface area contributed by atoms with E-state index in [1.165, 1.54) is 0 Å². The SMILES string of the molecule is c1cc2nc3oc2cc1=c1ccc2nc(oc2c1)=c1ccc=3cc1. The van der Waals surface area contributed by atoms with Crippen LogP contribution in [0.5, 0.6) is 0 Å². The van der Waals surface area contributed by atoms with Gasteiger partial charge >= 0.3 is 0 Å². The van der Waals surface area contributed by atoms with Crippen LogP contribution in [0, 0.1) is 32.0 Å². The Kier molecular flexibility index (Phi) is 2.07. The summed E-state index contributed by atoms with van der Waals surface area (Å²) in [5, 5.41) is 4.00. The van der Waals surface area contributed by atoms with Crippen LogP contribution in [0.1, 0.15) is 0 Å². The highest BCUT2D eigenvalue weighted by atomic mass is 16.3. The molecule has 0 fully saturated rings. The number of fused-ring (bicyclic) bond motifs is 2. The van der Waals surface area contributed by atoms with E-state index in [0.717, 1.165) is 43.1 Å². The molecule has 8 bridgehead atoms. The average Bonchev–Trinajstić information content (AvgIpc) is 3.23. The van der Waals surface area contributed by atoms with Crippen LogP contribution in [0.2, 0.25) is 0 Å². The van der Waals surface area contributed by atoms with Crippen LogP contribution in [-0.4, -0.2) is 9.97 Å². The van der Waals surface area contributed by atoms with E-state index in [1.54, 1.807) is 0 Å². The maximum absolute atomic E-state index is 5.97. The summed E-state index contributed by atoms with van der Waals surface area (Å²) in [5.41, 5.74) is 4.51. The van der Waals surface area contributed by atoms with Gasteiger partial charge in [-0.15, -0.1) is 0 Å². The molecule has 0 N–H and O–H groups in total. The summed E-state index contributed by atoms with van der Waals surface area (Å²) in [5.74, 6) is 0. The van der Waals surface area contributed by atoms with Gasteiger partial charge in [-0.25, -0.2) is 9.97 Å². The summed E-state index contributed by atoms with van der Waals surface area (Å²) >= 11 is 0. The molecule has 0 spiro atoms. The van der Waals surface area contributed by atoms with Crippen LogP contribution in [-0.2, 0) is 0 Å². The van der Waals surface area contributed by atoms with E-state index in [0.29, 0.717) is 11.1 Å². The zero-order valence-electron chi connectivity index (χ0n) is 12.5. The van der Waals surface area contributed by atoms with Gasteiger partial charge in [-0.1, -0.05) is 12.1 Å². The highest BCUT2D eigenvalue weighted by Gasteiger charge is 2.04. The Hall–Kier alpha value is -3.40. The molecule has 0 aliphatic carbocycles. The van der Waals surface area contributed by atoms with Crippen LogP contribution in [0.3, 0.4) is 0 Å². The van der Waals surface area contributed by atoms with Crippen molar-refractivity contribution < 1.29 is 8.83 Å². The second kappa shape index (κ2) is 4.11. The van der Waals surface area contributed by atoms with Crippen molar-refractivity contribution in [3.05, 3.63) is 92.6 Å². The van der Waals surface area contributed by atoms with E-state index >= 15 is 0 Å². The largest absolute Gasteiger partial charge is 0.436 e. The highest BCUT2D eigenvalue weighted by Crippen LogP contribution is 2.18. The molecule has 0 amide bonds. The van der Waals surface area contributed by atoms with E-state index in [1.807, 2.05) is 48.5 Å². The number of benzene rings is 3. The molecule has 4 heterocycles. The zero-order valence-corrected chi connectivity index (χ0v) is 12.5. The van der Waals surface area contributed by atoms with Gasteiger partial charge in [-0.3, -0.25) is 0 Å². The molecule has 5 aromatic rings. The van der Waals surface area contributed by atoms with Crippen molar-refractivity contribution in [3.8, 4) is 0 Å². The van der Waals surface area contributed by atoms with Crippen LogP contribution in [0.4, 0.5) is 0 Å². The van der Waals surface area contributed by atoms with Gasteiger partial charge in [-0.2, -0.15) is 0 Å². The van der Waals surface area contributed by atoms with Crippen LogP contribution in [0.15, 0.2) is 69.5 Å². The first-order valence-electron chi connectivity index (χ1n) is 7.76. The van der Waals surface area contributed by atoms with Gasteiger partial charge in [0, 0.05) is 10.4 Å². The van der Waals surface area contributed by atoms with Gasteiger partial charge in [0.1, 0.15) is 11.0 Å². The maximum atomic E-state index is 5.97. The molecule has 112 valence electrons. The molecule has 4 nitrogen and oxygen atoms in total. The Labute approximate surface area is 134 Å². The van der Waals surface area contributed by atoms with Crippen LogP contribution in [0.25, 0.3) is 22.2 Å². The molecule has 24 heavy (non-hydrogen) atoms. The summed E-state index contributed by atoms with van der Waals surface area (Å²) in [6.07, 6.45) is 0. The molecular formula is C20H10N2O2. The normalized spacial score (nSPS) is 12.2. The number of hydrogen-bond donors (Lipinski definition) is 0. The summed E-state index contributed by atoms with van der Waals surface area (Å²) < 4.78 is 11.9. The fourth-order valence-electron chi connectivity index (χ4n) is 3.21. The molecule has 0 saturated heterocycles. The molecule has 3 aromatic carbocycles. The lowest BCUT2D eigenvalue weighted by Gasteiger charge is -1.90. The molecule has 0 radical (unpaired) electrons. The predicted octanol–water partition coefficient (Wildman–Crippen LogP) is 4.14. The molecule has 2 aliphatic rings. The summed E-state index contributed by atoms with van der Waals surface area (Å²) in [4.78, 5) is 9.18. The van der Waals surface area contributed by atoms with Gasteiger partial charge in [0.05, 0.1) is 0 Å². The average molecular weight is 310 g/mol. The Morgan fingerprint density at radius 3 is 1.38 bits per heavy atom. The minimum Gasteiger partial charge on any atom is -0.436 e. The number of aromatic nitrogens is 2. The number of hydrogen-bond acceptors (Lipinski definition) is 4. The summed E-state index contributed by atoms with van der Waals surface area (Å²) in [6, 6.07) is 20.0. The monoisotopic (exact) mass is 310 g/mol. The van der Waals surface area contributed by atoms with Crippen molar-refractivity contribution >= 4 is 22.2 Å². The quantitative estimate of drug-likeness (QED) is 0.423. The third kappa shape index (κ3) is 1.57. The van der Waals surface area contributed by atoms with E-state index in [9.17, 15) is 0 Å². The second-order valence-corrected chi connectivity index (χ2v) is 5.98. The van der Waals surface area contributed by atoms with E-state index in [-0.39, 0.29) is 0 Å². The molecular weight excluding hydrogens is 300 g/mol. The molecule has 2 aromatic heterocycles. The smallest absolute Gasteiger partial charge is 0.227 e. The van der Waals surface area contributed by atoms with Gasteiger partial charge in [0.15, 0.2) is 11.2 Å². The Bertz CT molecular complexity index is 1420. The van der Waals surface area contributed by atoms with Gasteiger partial charge in [0.25, 0.3) is 0 Å². The first-order chi connectivity index (χ1) is 11.8. The first-order valence-corrected chi connectivity index (χ1v) is 7.76. The molecule has 2 aliphatic heterocycles. The third-order valence-corrected chi connectivity index (χ3v) is 4.49. The van der Waals surface area contributed by atoms with Crippen molar-refractivity contribution in [1.82, 2.24) is 9.97 Å². The van der Waals surface area contributed by atoms with Crippen LogP contribution < -0.4 is 0 Å². The summed E-state index contributed by atoms with van der Waals surface area (Å²) in [7, 11) is 0. The number of oxazole rings is 2. The van der Waals surface area contributed by atoms with Crippen LogP contribution >= 0.6 is 0 Å². The Morgan fingerprint density at radius 1 is 0.500 bits per heavy atom. The van der Waals surface area contributed by atoms with Crippen molar-refractivity contribution in [3.63, 3.8) is 0 Å². The molecule has 0 saturated carbocycles. The summed E-state index contributed by atoms with van der Waals surface area (Å²) in [6.45, 7) is 0. The van der Waals surface area contributed by atoms with Crippen molar-refractivity contribution in [2.45, 2.75) is 0 Å². The zero-order chi connectivity index (χ0) is 15.7. The lowest BCUT2D eigenvalue weighted by molar-refractivity contribution is 0.561. The first kappa shape index (κ1) is 12.1. The predicted molar refractivity (Wildman–Crippen MR) is 87.5 cm³/mol. The standard InChI is InChI=1S/C20H10N2O2/c1-2-12-4-3-11(1)19-21-15-7-5-13(9-17(15)23-19)14-6-8-16-18(10-14)24-20(12)22-16/h1-10H. The van der Waals surface area contributed by atoms with E-state index in [4.69, 9.17) is 8.83 Å². The van der Waals surface area contributed by atoms with Crippen molar-refractivity contribution in [1.29, 1.82) is 0 Å². The fourth-order valence-corrected chi connectivity index (χ4v) is 3.21. The van der Waals surface area contributed by atoms with E-state index in [2.05, 4.69) is 22.1 Å². The molecule has 4 heteroatoms. The van der Waals surface area contributed by atoms with E-state index < -0.39 is 0 Å². The molecule has 0 unspecified atom stereocenters.